The van der Waals surface area contributed by atoms with Crippen LogP contribution in [0.1, 0.15) is 5.56 Å². The summed E-state index contributed by atoms with van der Waals surface area (Å²) in [6, 6.07) is 20.0. The molecule has 35 heavy (non-hydrogen) atoms. The van der Waals surface area contributed by atoms with E-state index in [1.807, 2.05) is 30.3 Å². The van der Waals surface area contributed by atoms with Crippen molar-refractivity contribution in [3.05, 3.63) is 88.5 Å². The average molecular weight is 472 g/mol. The number of anilines is 5. The summed E-state index contributed by atoms with van der Waals surface area (Å²) < 4.78 is 5.03. The smallest absolute Gasteiger partial charge is 0.269 e. The number of phenolic OH excluding ortho intramolecular Hbond substituents is 1. The minimum absolute atomic E-state index is 0.0134. The lowest BCUT2D eigenvalue weighted by Gasteiger charge is -2.10. The fourth-order valence-corrected chi connectivity index (χ4v) is 2.94. The molecule has 0 aliphatic rings. The number of nitrogens with one attached hydrogen (secondary N) is 3. The molecule has 0 radical (unpaired) electrons. The summed E-state index contributed by atoms with van der Waals surface area (Å²) in [5.41, 5.74) is 4.65. The molecule has 0 saturated carbocycles. The summed E-state index contributed by atoms with van der Waals surface area (Å²) in [5.74, 6) is 0.908. The number of nitro groups is 1. The Morgan fingerprint density at radius 2 is 1.54 bits per heavy atom. The molecule has 0 amide bonds. The van der Waals surface area contributed by atoms with Crippen molar-refractivity contribution < 1.29 is 14.8 Å². The molecule has 0 spiro atoms. The van der Waals surface area contributed by atoms with E-state index >= 15 is 0 Å². The van der Waals surface area contributed by atoms with E-state index in [4.69, 9.17) is 4.74 Å². The first-order valence-electron chi connectivity index (χ1n) is 10.3. The van der Waals surface area contributed by atoms with Crippen LogP contribution in [0.15, 0.2) is 77.9 Å². The summed E-state index contributed by atoms with van der Waals surface area (Å²) >= 11 is 0. The van der Waals surface area contributed by atoms with Crippen LogP contribution in [0.5, 0.6) is 11.5 Å². The van der Waals surface area contributed by atoms with Gasteiger partial charge in [0, 0.05) is 23.5 Å². The first-order valence-corrected chi connectivity index (χ1v) is 10.3. The maximum atomic E-state index is 10.9. The van der Waals surface area contributed by atoms with Gasteiger partial charge in [-0.3, -0.25) is 10.1 Å². The largest absolute Gasteiger partial charge is 0.504 e. The number of nitrogens with zero attached hydrogens (tertiary/aromatic N) is 5. The van der Waals surface area contributed by atoms with Crippen molar-refractivity contribution in [2.24, 2.45) is 5.10 Å². The van der Waals surface area contributed by atoms with E-state index in [0.717, 1.165) is 5.69 Å². The zero-order valence-corrected chi connectivity index (χ0v) is 18.4. The van der Waals surface area contributed by atoms with E-state index in [0.29, 0.717) is 17.0 Å². The number of aromatic nitrogens is 3. The van der Waals surface area contributed by atoms with E-state index in [2.05, 4.69) is 36.1 Å². The number of hydrogen-bond acceptors (Lipinski definition) is 11. The molecule has 12 nitrogen and oxygen atoms in total. The maximum Gasteiger partial charge on any atom is 0.269 e. The second-order valence-electron chi connectivity index (χ2n) is 7.03. The van der Waals surface area contributed by atoms with E-state index in [9.17, 15) is 15.2 Å². The van der Waals surface area contributed by atoms with Gasteiger partial charge >= 0.3 is 0 Å². The molecule has 4 rings (SSSR count). The number of aromatic hydroxyl groups is 1. The zero-order chi connectivity index (χ0) is 24.6. The van der Waals surface area contributed by atoms with Crippen LogP contribution in [-0.4, -0.2) is 38.3 Å². The quantitative estimate of drug-likeness (QED) is 0.156. The monoisotopic (exact) mass is 472 g/mol. The molecule has 0 saturated heterocycles. The molecule has 0 aliphatic carbocycles. The number of non-ortho nitro benzene ring substituents is 1. The average Bonchev–Trinajstić information content (AvgIpc) is 2.85. The van der Waals surface area contributed by atoms with Gasteiger partial charge in [0.05, 0.1) is 18.2 Å². The lowest BCUT2D eigenvalue weighted by molar-refractivity contribution is -0.384. The molecular formula is C23H20N8O4. The van der Waals surface area contributed by atoms with Crippen molar-refractivity contribution in [3.8, 4) is 11.5 Å². The molecule has 0 aliphatic heterocycles. The minimum Gasteiger partial charge on any atom is -0.504 e. The number of para-hydroxylation sites is 1. The van der Waals surface area contributed by atoms with Crippen molar-refractivity contribution in [2.45, 2.75) is 0 Å². The molecule has 176 valence electrons. The number of rotatable bonds is 9. The van der Waals surface area contributed by atoms with Crippen LogP contribution in [0.25, 0.3) is 0 Å². The highest BCUT2D eigenvalue weighted by Gasteiger charge is 2.09. The second-order valence-corrected chi connectivity index (χ2v) is 7.03. The van der Waals surface area contributed by atoms with Gasteiger partial charge in [-0.25, -0.2) is 5.43 Å². The number of phenols is 1. The molecule has 0 unspecified atom stereocenters. The third-order valence-corrected chi connectivity index (χ3v) is 4.58. The summed E-state index contributed by atoms with van der Waals surface area (Å²) in [6.07, 6.45) is 1.48. The Morgan fingerprint density at radius 3 is 2.14 bits per heavy atom. The third-order valence-electron chi connectivity index (χ3n) is 4.58. The minimum atomic E-state index is -0.475. The van der Waals surface area contributed by atoms with E-state index < -0.39 is 4.92 Å². The Hall–Kier alpha value is -5.26. The summed E-state index contributed by atoms with van der Waals surface area (Å²) in [4.78, 5) is 23.4. The molecule has 4 N–H and O–H groups in total. The van der Waals surface area contributed by atoms with Crippen LogP contribution in [0.3, 0.4) is 0 Å². The fraction of sp³-hybridized carbons (Fsp3) is 0.0435. The Bertz CT molecular complexity index is 1350. The molecule has 1 aromatic heterocycles. The molecular weight excluding hydrogens is 452 g/mol. The van der Waals surface area contributed by atoms with Crippen LogP contribution in [0, 0.1) is 10.1 Å². The van der Waals surface area contributed by atoms with Crippen LogP contribution in [0.4, 0.5) is 34.9 Å². The normalized spacial score (nSPS) is 10.7. The molecule has 0 bridgehead atoms. The topological polar surface area (TPSA) is 160 Å². The maximum absolute atomic E-state index is 10.9. The first kappa shape index (κ1) is 22.9. The van der Waals surface area contributed by atoms with Crippen LogP contribution in [-0.2, 0) is 0 Å². The number of hydrazone groups is 1. The fourth-order valence-electron chi connectivity index (χ4n) is 2.94. The molecule has 3 aromatic carbocycles. The highest BCUT2D eigenvalue weighted by atomic mass is 16.6. The summed E-state index contributed by atoms with van der Waals surface area (Å²) in [7, 11) is 1.47. The predicted molar refractivity (Wildman–Crippen MR) is 132 cm³/mol. The molecule has 12 heteroatoms. The molecule has 0 fully saturated rings. The van der Waals surface area contributed by atoms with E-state index in [-0.39, 0.29) is 29.3 Å². The van der Waals surface area contributed by atoms with Crippen molar-refractivity contribution in [2.75, 3.05) is 23.2 Å². The van der Waals surface area contributed by atoms with E-state index in [1.54, 1.807) is 24.3 Å². The van der Waals surface area contributed by atoms with Gasteiger partial charge < -0.3 is 20.5 Å². The van der Waals surface area contributed by atoms with Crippen molar-refractivity contribution in [3.63, 3.8) is 0 Å². The van der Waals surface area contributed by atoms with Crippen molar-refractivity contribution >= 4 is 41.1 Å². The van der Waals surface area contributed by atoms with Crippen LogP contribution >= 0.6 is 0 Å². The Kier molecular flexibility index (Phi) is 6.92. The number of hydrogen-bond donors (Lipinski definition) is 4. The molecule has 0 atom stereocenters. The second kappa shape index (κ2) is 10.6. The Balaban J connectivity index is 1.56. The predicted octanol–water partition coefficient (Wildman–Crippen LogP) is 4.43. The number of benzene rings is 3. The van der Waals surface area contributed by atoms with Gasteiger partial charge in [-0.2, -0.15) is 20.1 Å². The van der Waals surface area contributed by atoms with E-state index in [1.165, 1.54) is 31.5 Å². The number of methoxy groups -OCH3 is 1. The van der Waals surface area contributed by atoms with Gasteiger partial charge in [0.2, 0.25) is 17.8 Å². The summed E-state index contributed by atoms with van der Waals surface area (Å²) in [5, 5.41) is 31.0. The third kappa shape index (κ3) is 6.16. The van der Waals surface area contributed by atoms with Crippen LogP contribution in [0.2, 0.25) is 0 Å². The number of ether oxygens (including phenoxy) is 1. The number of nitro benzene ring substituents is 1. The van der Waals surface area contributed by atoms with Gasteiger partial charge in [-0.1, -0.05) is 18.2 Å². The van der Waals surface area contributed by atoms with Crippen molar-refractivity contribution in [1.82, 2.24) is 15.0 Å². The highest BCUT2D eigenvalue weighted by Crippen LogP contribution is 2.25. The van der Waals surface area contributed by atoms with Gasteiger partial charge in [0.25, 0.3) is 5.69 Å². The van der Waals surface area contributed by atoms with Gasteiger partial charge in [0.1, 0.15) is 0 Å². The van der Waals surface area contributed by atoms with Gasteiger partial charge in [0.15, 0.2) is 11.5 Å². The zero-order valence-electron chi connectivity index (χ0n) is 18.4. The van der Waals surface area contributed by atoms with Gasteiger partial charge in [-0.15, -0.1) is 0 Å². The van der Waals surface area contributed by atoms with Crippen LogP contribution < -0.4 is 20.8 Å². The molecule has 4 aromatic rings. The lowest BCUT2D eigenvalue weighted by Crippen LogP contribution is -2.07. The van der Waals surface area contributed by atoms with Crippen molar-refractivity contribution in [1.29, 1.82) is 0 Å². The SMILES string of the molecule is COc1ccc(C=NNc2nc(Nc3ccccc3)nc(Nc3ccc([N+](=O)[O-])cc3)n2)cc1O. The summed E-state index contributed by atoms with van der Waals surface area (Å²) in [6.45, 7) is 0. The Morgan fingerprint density at radius 1 is 0.914 bits per heavy atom. The lowest BCUT2D eigenvalue weighted by atomic mass is 10.2. The Labute approximate surface area is 199 Å². The van der Waals surface area contributed by atoms with Gasteiger partial charge in [-0.05, 0) is 48.0 Å². The highest BCUT2D eigenvalue weighted by molar-refractivity contribution is 5.81. The first-order chi connectivity index (χ1) is 17.0. The standard InChI is InChI=1S/C23H20N8O4/c1-35-20-12-7-15(13-19(20)32)14-24-30-23-28-21(25-16-5-3-2-4-6-16)27-22(29-23)26-17-8-10-18(11-9-17)31(33)34/h2-14,32H,1H3,(H3,25,26,27,28,29,30). The molecule has 1 heterocycles.